The molecule has 27 heavy (non-hydrogen) atoms. The van der Waals surface area contributed by atoms with Gasteiger partial charge in [-0.05, 0) is 56.2 Å². The number of ether oxygens (including phenoxy) is 2. The molecule has 0 unspecified atom stereocenters. The first-order chi connectivity index (χ1) is 13.0. The lowest BCUT2D eigenvalue weighted by atomic mass is 10.1. The smallest absolute Gasteiger partial charge is 0.344 e. The van der Waals surface area contributed by atoms with Crippen LogP contribution in [-0.2, 0) is 20.7 Å². The maximum Gasteiger partial charge on any atom is 0.344 e. The molecule has 0 spiro atoms. The van der Waals surface area contributed by atoms with Crippen LogP contribution in [0.5, 0.6) is 5.75 Å². The minimum atomic E-state index is -0.907. The number of rotatable bonds is 5. The molecular formula is C21H20N2O4. The molecule has 0 bridgehead atoms. The number of hydrogen-bond donors (Lipinski definition) is 0. The number of esters is 1. The third-order valence-corrected chi connectivity index (χ3v) is 4.44. The number of nitriles is 1. The van der Waals surface area contributed by atoms with E-state index in [4.69, 9.17) is 14.7 Å². The number of nitrogens with zero attached hydrogens (tertiary/aromatic N) is 2. The molecule has 1 amide bonds. The molecule has 0 aliphatic carbocycles. The summed E-state index contributed by atoms with van der Waals surface area (Å²) in [6, 6.07) is 16.2. The molecule has 0 N–H and O–H groups in total. The molecule has 0 aromatic heterocycles. The van der Waals surface area contributed by atoms with Crippen molar-refractivity contribution >= 4 is 17.6 Å². The monoisotopic (exact) mass is 364 g/mol. The lowest BCUT2D eigenvalue weighted by Crippen LogP contribution is -2.43. The summed E-state index contributed by atoms with van der Waals surface area (Å²) in [4.78, 5) is 26.5. The fourth-order valence-electron chi connectivity index (χ4n) is 3.15. The molecule has 1 aliphatic rings. The first-order valence-corrected chi connectivity index (χ1v) is 8.73. The number of anilines is 1. The van der Waals surface area contributed by atoms with Crippen molar-refractivity contribution in [2.45, 2.75) is 32.4 Å². The Hall–Kier alpha value is -3.33. The van der Waals surface area contributed by atoms with Gasteiger partial charge in [0.2, 0.25) is 0 Å². The van der Waals surface area contributed by atoms with Crippen LogP contribution in [0.1, 0.15) is 25.0 Å². The fourth-order valence-corrected chi connectivity index (χ4v) is 3.15. The Morgan fingerprint density at radius 2 is 1.93 bits per heavy atom. The topological polar surface area (TPSA) is 79.6 Å². The van der Waals surface area contributed by atoms with Gasteiger partial charge in [0.05, 0.1) is 11.6 Å². The van der Waals surface area contributed by atoms with Crippen molar-refractivity contribution in [1.29, 1.82) is 5.26 Å². The summed E-state index contributed by atoms with van der Waals surface area (Å²) >= 11 is 0. The van der Waals surface area contributed by atoms with Gasteiger partial charge in [0, 0.05) is 11.7 Å². The van der Waals surface area contributed by atoms with Crippen LogP contribution in [0.2, 0.25) is 0 Å². The van der Waals surface area contributed by atoms with Gasteiger partial charge in [-0.25, -0.2) is 4.79 Å². The second-order valence-corrected chi connectivity index (χ2v) is 6.45. The SMILES string of the molecule is C[C@@H]1Cc2ccccc2N1C(=O)[C@@H](C)OC(=O)COc1ccc(C#N)cc1. The first kappa shape index (κ1) is 18.5. The highest BCUT2D eigenvalue weighted by Crippen LogP contribution is 2.32. The molecule has 6 nitrogen and oxygen atoms in total. The van der Waals surface area contributed by atoms with E-state index in [-0.39, 0.29) is 18.6 Å². The summed E-state index contributed by atoms with van der Waals surface area (Å²) < 4.78 is 10.6. The van der Waals surface area contributed by atoms with Gasteiger partial charge in [-0.3, -0.25) is 4.79 Å². The first-order valence-electron chi connectivity index (χ1n) is 8.73. The normalized spacial score (nSPS) is 16.2. The lowest BCUT2D eigenvalue weighted by molar-refractivity contribution is -0.155. The maximum absolute atomic E-state index is 12.8. The highest BCUT2D eigenvalue weighted by Gasteiger charge is 2.34. The standard InChI is InChI=1S/C21H20N2O4/c1-14-11-17-5-3-4-6-19(17)23(14)21(25)15(2)27-20(24)13-26-18-9-7-16(12-22)8-10-18/h3-10,14-15H,11,13H2,1-2H3/t14-,15-/m1/s1. The summed E-state index contributed by atoms with van der Waals surface area (Å²) in [5.41, 5.74) is 2.48. The van der Waals surface area contributed by atoms with E-state index in [1.54, 1.807) is 36.1 Å². The van der Waals surface area contributed by atoms with Crippen LogP contribution in [-0.4, -0.2) is 30.6 Å². The summed E-state index contributed by atoms with van der Waals surface area (Å²) in [5.74, 6) is -0.424. The van der Waals surface area contributed by atoms with Crippen LogP contribution in [0, 0.1) is 11.3 Å². The van der Waals surface area contributed by atoms with Gasteiger partial charge < -0.3 is 14.4 Å². The highest BCUT2D eigenvalue weighted by atomic mass is 16.6. The molecule has 0 fully saturated rings. The van der Waals surface area contributed by atoms with Crippen molar-refractivity contribution in [2.24, 2.45) is 0 Å². The Bertz CT molecular complexity index is 886. The van der Waals surface area contributed by atoms with E-state index >= 15 is 0 Å². The van der Waals surface area contributed by atoms with Crippen LogP contribution in [0.25, 0.3) is 0 Å². The quantitative estimate of drug-likeness (QED) is 0.762. The van der Waals surface area contributed by atoms with Crippen LogP contribution < -0.4 is 9.64 Å². The summed E-state index contributed by atoms with van der Waals surface area (Å²) in [7, 11) is 0. The van der Waals surface area contributed by atoms with Gasteiger partial charge in [-0.2, -0.15) is 5.26 Å². The third kappa shape index (κ3) is 4.09. The van der Waals surface area contributed by atoms with E-state index in [9.17, 15) is 9.59 Å². The number of benzene rings is 2. The zero-order chi connectivity index (χ0) is 19.4. The van der Waals surface area contributed by atoms with E-state index in [1.807, 2.05) is 37.3 Å². The largest absolute Gasteiger partial charge is 0.482 e. The number of carbonyl (C=O) groups excluding carboxylic acids is 2. The fraction of sp³-hybridized carbons (Fsp3) is 0.286. The van der Waals surface area contributed by atoms with Crippen molar-refractivity contribution < 1.29 is 19.1 Å². The summed E-state index contributed by atoms with van der Waals surface area (Å²) in [6.07, 6.45) is -0.125. The van der Waals surface area contributed by atoms with Crippen molar-refractivity contribution in [3.63, 3.8) is 0 Å². The second-order valence-electron chi connectivity index (χ2n) is 6.45. The van der Waals surface area contributed by atoms with E-state index in [2.05, 4.69) is 0 Å². The minimum absolute atomic E-state index is 0.0194. The third-order valence-electron chi connectivity index (χ3n) is 4.44. The Kier molecular flexibility index (Phi) is 5.41. The molecular weight excluding hydrogens is 344 g/mol. The van der Waals surface area contributed by atoms with Gasteiger partial charge in [0.1, 0.15) is 5.75 Å². The predicted octanol–water partition coefficient (Wildman–Crippen LogP) is 2.85. The Balaban J connectivity index is 1.56. The van der Waals surface area contributed by atoms with E-state index in [0.717, 1.165) is 17.7 Å². The molecule has 0 radical (unpaired) electrons. The molecule has 2 atom stereocenters. The summed E-state index contributed by atoms with van der Waals surface area (Å²) in [6.45, 7) is 3.23. The molecule has 2 aromatic carbocycles. The van der Waals surface area contributed by atoms with Gasteiger partial charge >= 0.3 is 5.97 Å². The molecule has 2 aromatic rings. The second kappa shape index (κ2) is 7.92. The average molecular weight is 364 g/mol. The molecule has 3 rings (SSSR count). The molecule has 0 saturated carbocycles. The van der Waals surface area contributed by atoms with Gasteiger partial charge in [-0.1, -0.05) is 18.2 Å². The van der Waals surface area contributed by atoms with Crippen molar-refractivity contribution in [2.75, 3.05) is 11.5 Å². The zero-order valence-corrected chi connectivity index (χ0v) is 15.2. The van der Waals surface area contributed by atoms with Gasteiger partial charge in [0.15, 0.2) is 12.7 Å². The molecule has 1 heterocycles. The highest BCUT2D eigenvalue weighted by molar-refractivity contribution is 5.99. The molecule has 0 saturated heterocycles. The number of hydrogen-bond acceptors (Lipinski definition) is 5. The number of carbonyl (C=O) groups is 2. The Labute approximate surface area is 157 Å². The predicted molar refractivity (Wildman–Crippen MR) is 99.3 cm³/mol. The van der Waals surface area contributed by atoms with E-state index in [1.165, 1.54) is 0 Å². The van der Waals surface area contributed by atoms with Gasteiger partial charge in [0.25, 0.3) is 5.91 Å². The van der Waals surface area contributed by atoms with Crippen molar-refractivity contribution in [3.8, 4) is 11.8 Å². The number of amides is 1. The summed E-state index contributed by atoms with van der Waals surface area (Å²) in [5, 5.41) is 8.77. The Morgan fingerprint density at radius 3 is 2.63 bits per heavy atom. The average Bonchev–Trinajstić information content (AvgIpc) is 3.01. The maximum atomic E-state index is 12.8. The minimum Gasteiger partial charge on any atom is -0.482 e. The van der Waals surface area contributed by atoms with E-state index < -0.39 is 12.1 Å². The van der Waals surface area contributed by atoms with Crippen molar-refractivity contribution in [1.82, 2.24) is 0 Å². The van der Waals surface area contributed by atoms with Crippen LogP contribution in [0.4, 0.5) is 5.69 Å². The number of fused-ring (bicyclic) bond motifs is 1. The van der Waals surface area contributed by atoms with E-state index in [0.29, 0.717) is 11.3 Å². The van der Waals surface area contributed by atoms with Gasteiger partial charge in [-0.15, -0.1) is 0 Å². The Morgan fingerprint density at radius 1 is 1.22 bits per heavy atom. The van der Waals surface area contributed by atoms with Crippen molar-refractivity contribution in [3.05, 3.63) is 59.7 Å². The van der Waals surface area contributed by atoms with Crippen LogP contribution in [0.15, 0.2) is 48.5 Å². The molecule has 6 heteroatoms. The number of para-hydroxylation sites is 1. The molecule has 138 valence electrons. The van der Waals surface area contributed by atoms with Crippen LogP contribution in [0.3, 0.4) is 0 Å². The van der Waals surface area contributed by atoms with Crippen LogP contribution >= 0.6 is 0 Å². The lowest BCUT2D eigenvalue weighted by Gasteiger charge is -2.25. The molecule has 1 aliphatic heterocycles. The zero-order valence-electron chi connectivity index (χ0n) is 15.2.